The predicted octanol–water partition coefficient (Wildman–Crippen LogP) is 3.93. The molecule has 0 aliphatic heterocycles. The minimum absolute atomic E-state index is 0.0208. The van der Waals surface area contributed by atoms with E-state index in [2.05, 4.69) is 43.8 Å². The molecule has 2 N–H and O–H groups in total. The van der Waals surface area contributed by atoms with Gasteiger partial charge in [0.1, 0.15) is 0 Å². The van der Waals surface area contributed by atoms with Crippen molar-refractivity contribution in [2.24, 2.45) is 0 Å². The minimum atomic E-state index is -0.0435. The molecule has 0 bridgehead atoms. The highest BCUT2D eigenvalue weighted by Gasteiger charge is 2.19. The first kappa shape index (κ1) is 16.5. The molecule has 1 aromatic heterocycles. The number of aliphatic hydroxyl groups excluding tert-OH is 1. The van der Waals surface area contributed by atoms with Gasteiger partial charge in [0.25, 0.3) is 5.91 Å². The van der Waals surface area contributed by atoms with Gasteiger partial charge in [-0.15, -0.1) is 0 Å². The SMILES string of the molecule is CCCCN(CCO)C(=O)c1c[nH]c2cc(Br)c(Br)cc12. The lowest BCUT2D eigenvalue weighted by Gasteiger charge is -2.21. The average molecular weight is 418 g/mol. The summed E-state index contributed by atoms with van der Waals surface area (Å²) in [4.78, 5) is 17.5. The molecule has 1 heterocycles. The maximum absolute atomic E-state index is 12.7. The summed E-state index contributed by atoms with van der Waals surface area (Å²) in [7, 11) is 0. The number of unbranched alkanes of at least 4 members (excludes halogenated alkanes) is 1. The van der Waals surface area contributed by atoms with Crippen molar-refractivity contribution in [3.63, 3.8) is 0 Å². The number of benzene rings is 1. The van der Waals surface area contributed by atoms with Crippen LogP contribution in [0.25, 0.3) is 10.9 Å². The second kappa shape index (κ2) is 7.42. The van der Waals surface area contributed by atoms with Crippen LogP contribution in [-0.2, 0) is 0 Å². The number of halogens is 2. The molecular formula is C15H18Br2N2O2. The number of rotatable bonds is 6. The Morgan fingerprint density at radius 3 is 2.67 bits per heavy atom. The maximum Gasteiger partial charge on any atom is 0.256 e. The predicted molar refractivity (Wildman–Crippen MR) is 91.6 cm³/mol. The van der Waals surface area contributed by atoms with Crippen LogP contribution in [-0.4, -0.2) is 40.6 Å². The van der Waals surface area contributed by atoms with Crippen molar-refractivity contribution >= 4 is 48.7 Å². The lowest BCUT2D eigenvalue weighted by atomic mass is 10.1. The second-order valence-electron chi connectivity index (χ2n) is 4.88. The zero-order chi connectivity index (χ0) is 15.4. The summed E-state index contributed by atoms with van der Waals surface area (Å²) in [6, 6.07) is 3.87. The number of aromatic nitrogens is 1. The van der Waals surface area contributed by atoms with Crippen molar-refractivity contribution in [2.75, 3.05) is 19.7 Å². The highest BCUT2D eigenvalue weighted by atomic mass is 79.9. The van der Waals surface area contributed by atoms with Gasteiger partial charge >= 0.3 is 0 Å². The van der Waals surface area contributed by atoms with Gasteiger partial charge in [0.05, 0.1) is 12.2 Å². The second-order valence-corrected chi connectivity index (χ2v) is 6.59. The average Bonchev–Trinajstić information content (AvgIpc) is 2.86. The number of carbonyl (C=O) groups excluding carboxylic acids is 1. The number of fused-ring (bicyclic) bond motifs is 1. The van der Waals surface area contributed by atoms with E-state index in [-0.39, 0.29) is 12.5 Å². The molecule has 0 saturated carbocycles. The van der Waals surface area contributed by atoms with Gasteiger partial charge in [0.2, 0.25) is 0 Å². The highest BCUT2D eigenvalue weighted by Crippen LogP contribution is 2.30. The summed E-state index contributed by atoms with van der Waals surface area (Å²) in [6.45, 7) is 3.10. The van der Waals surface area contributed by atoms with E-state index < -0.39 is 0 Å². The molecule has 0 atom stereocenters. The molecule has 21 heavy (non-hydrogen) atoms. The van der Waals surface area contributed by atoms with E-state index in [0.717, 1.165) is 32.7 Å². The van der Waals surface area contributed by atoms with E-state index in [1.54, 1.807) is 11.1 Å². The molecule has 1 aromatic carbocycles. The third-order valence-corrected chi connectivity index (χ3v) is 5.24. The van der Waals surface area contributed by atoms with Crippen LogP contribution in [0.5, 0.6) is 0 Å². The van der Waals surface area contributed by atoms with Crippen LogP contribution < -0.4 is 0 Å². The first-order valence-corrected chi connectivity index (χ1v) is 8.53. The van der Waals surface area contributed by atoms with Gasteiger partial charge in [-0.3, -0.25) is 4.79 Å². The Labute approximate surface area is 140 Å². The molecule has 0 aliphatic rings. The Balaban J connectivity index is 2.35. The van der Waals surface area contributed by atoms with Gasteiger partial charge in [-0.05, 0) is 50.4 Å². The van der Waals surface area contributed by atoms with E-state index >= 15 is 0 Å². The van der Waals surface area contributed by atoms with Crippen molar-refractivity contribution in [3.05, 3.63) is 32.8 Å². The first-order valence-electron chi connectivity index (χ1n) is 6.94. The number of hydrogen-bond acceptors (Lipinski definition) is 2. The number of H-pyrrole nitrogens is 1. The summed E-state index contributed by atoms with van der Waals surface area (Å²) in [5.74, 6) is -0.0435. The van der Waals surface area contributed by atoms with E-state index in [4.69, 9.17) is 5.11 Å². The van der Waals surface area contributed by atoms with Crippen molar-refractivity contribution in [3.8, 4) is 0 Å². The fourth-order valence-electron chi connectivity index (χ4n) is 2.25. The van der Waals surface area contributed by atoms with E-state index in [0.29, 0.717) is 18.7 Å². The van der Waals surface area contributed by atoms with Crippen LogP contribution in [0.15, 0.2) is 27.3 Å². The van der Waals surface area contributed by atoms with Crippen molar-refractivity contribution in [1.29, 1.82) is 0 Å². The molecular weight excluding hydrogens is 400 g/mol. The zero-order valence-corrected chi connectivity index (χ0v) is 15.0. The lowest BCUT2D eigenvalue weighted by Crippen LogP contribution is -2.34. The van der Waals surface area contributed by atoms with E-state index in [9.17, 15) is 4.79 Å². The summed E-state index contributed by atoms with van der Waals surface area (Å²) in [5, 5.41) is 10.0. The topological polar surface area (TPSA) is 56.3 Å². The first-order chi connectivity index (χ1) is 10.1. The van der Waals surface area contributed by atoms with Crippen molar-refractivity contribution in [1.82, 2.24) is 9.88 Å². The molecule has 4 nitrogen and oxygen atoms in total. The molecule has 1 amide bonds. The molecule has 114 valence electrons. The Bertz CT molecular complexity index is 640. The van der Waals surface area contributed by atoms with Crippen LogP contribution in [0.2, 0.25) is 0 Å². The number of aromatic amines is 1. The number of hydrogen-bond donors (Lipinski definition) is 2. The van der Waals surface area contributed by atoms with Crippen molar-refractivity contribution in [2.45, 2.75) is 19.8 Å². The standard InChI is InChI=1S/C15H18Br2N2O2/c1-2-3-4-19(5-6-20)15(21)11-9-18-14-8-13(17)12(16)7-10(11)14/h7-9,18,20H,2-6H2,1H3. The Kier molecular flexibility index (Phi) is 5.84. The molecule has 0 unspecified atom stereocenters. The van der Waals surface area contributed by atoms with Crippen LogP contribution in [0.4, 0.5) is 0 Å². The Morgan fingerprint density at radius 2 is 2.00 bits per heavy atom. The van der Waals surface area contributed by atoms with Gasteiger partial charge in [-0.2, -0.15) is 0 Å². The summed E-state index contributed by atoms with van der Waals surface area (Å²) in [5.41, 5.74) is 1.55. The van der Waals surface area contributed by atoms with Crippen LogP contribution in [0.1, 0.15) is 30.1 Å². The molecule has 0 aliphatic carbocycles. The smallest absolute Gasteiger partial charge is 0.256 e. The minimum Gasteiger partial charge on any atom is -0.395 e. The van der Waals surface area contributed by atoms with Crippen LogP contribution >= 0.6 is 31.9 Å². The van der Waals surface area contributed by atoms with Crippen molar-refractivity contribution < 1.29 is 9.90 Å². The van der Waals surface area contributed by atoms with E-state index in [1.807, 2.05) is 12.1 Å². The van der Waals surface area contributed by atoms with Gasteiger partial charge < -0.3 is 15.0 Å². The molecule has 2 aromatic rings. The third-order valence-electron chi connectivity index (χ3n) is 3.39. The Hall–Kier alpha value is -0.850. The largest absolute Gasteiger partial charge is 0.395 e. The number of carbonyl (C=O) groups is 1. The Morgan fingerprint density at radius 1 is 1.29 bits per heavy atom. The van der Waals surface area contributed by atoms with Crippen LogP contribution in [0.3, 0.4) is 0 Å². The fourth-order valence-corrected chi connectivity index (χ4v) is 2.94. The highest BCUT2D eigenvalue weighted by molar-refractivity contribution is 9.13. The van der Waals surface area contributed by atoms with Gasteiger partial charge in [-0.25, -0.2) is 0 Å². The van der Waals surface area contributed by atoms with Crippen LogP contribution in [0, 0.1) is 0 Å². The molecule has 0 spiro atoms. The molecule has 2 rings (SSSR count). The lowest BCUT2D eigenvalue weighted by molar-refractivity contribution is 0.0721. The quantitative estimate of drug-likeness (QED) is 0.748. The number of nitrogens with zero attached hydrogens (tertiary/aromatic N) is 1. The van der Waals surface area contributed by atoms with E-state index in [1.165, 1.54) is 0 Å². The van der Waals surface area contributed by atoms with Gasteiger partial charge in [0, 0.05) is 39.1 Å². The molecule has 6 heteroatoms. The zero-order valence-electron chi connectivity index (χ0n) is 11.8. The third kappa shape index (κ3) is 3.67. The summed E-state index contributed by atoms with van der Waals surface area (Å²) >= 11 is 6.92. The number of aliphatic hydroxyl groups is 1. The monoisotopic (exact) mass is 416 g/mol. The summed E-state index contributed by atoms with van der Waals surface area (Å²) in [6.07, 6.45) is 3.69. The van der Waals surface area contributed by atoms with Gasteiger partial charge in [-0.1, -0.05) is 13.3 Å². The number of nitrogens with one attached hydrogen (secondary N) is 1. The molecule has 0 saturated heterocycles. The summed E-state index contributed by atoms with van der Waals surface area (Å²) < 4.78 is 1.85. The fraction of sp³-hybridized carbons (Fsp3) is 0.400. The van der Waals surface area contributed by atoms with Gasteiger partial charge in [0.15, 0.2) is 0 Å². The molecule has 0 radical (unpaired) electrons. The molecule has 0 fully saturated rings. The normalized spacial score (nSPS) is 11.0. The maximum atomic E-state index is 12.7. The number of amides is 1.